The molecule has 2 N–H and O–H groups in total. The topological polar surface area (TPSA) is 39.2 Å². The Morgan fingerprint density at radius 1 is 1.10 bits per heavy atom. The highest BCUT2D eigenvalue weighted by Gasteiger charge is 2.13. The van der Waals surface area contributed by atoms with Crippen molar-refractivity contribution < 1.29 is 4.42 Å². The third-order valence-corrected chi connectivity index (χ3v) is 4.85. The zero-order valence-corrected chi connectivity index (χ0v) is 13.1. The fraction of sp³-hybridized carbons (Fsp3) is 0.222. The van der Waals surface area contributed by atoms with Crippen molar-refractivity contribution in [2.24, 2.45) is 5.73 Å². The molecule has 0 aliphatic carbocycles. The quantitative estimate of drug-likeness (QED) is 0.700. The molecule has 3 aromatic rings. The molecule has 0 fully saturated rings. The lowest BCUT2D eigenvalue weighted by atomic mass is 10.2. The molecule has 1 unspecified atom stereocenters. The Kier molecular flexibility index (Phi) is 4.04. The van der Waals surface area contributed by atoms with Crippen LogP contribution < -0.4 is 5.73 Å². The van der Waals surface area contributed by atoms with Gasteiger partial charge in [-0.15, -0.1) is 11.8 Å². The van der Waals surface area contributed by atoms with Gasteiger partial charge in [0.05, 0.1) is 6.04 Å². The molecule has 2 nitrogen and oxygen atoms in total. The maximum atomic E-state index is 6.27. The van der Waals surface area contributed by atoms with Crippen molar-refractivity contribution >= 4 is 22.7 Å². The molecule has 1 aromatic heterocycles. The Morgan fingerprint density at radius 2 is 1.90 bits per heavy atom. The number of para-hydroxylation sites is 1. The number of hydrogen-bond acceptors (Lipinski definition) is 3. The molecular weight excluding hydrogens is 278 g/mol. The smallest absolute Gasteiger partial charge is 0.134 e. The highest BCUT2D eigenvalue weighted by Crippen LogP contribution is 2.29. The number of rotatable bonds is 4. The van der Waals surface area contributed by atoms with Crippen molar-refractivity contribution in [3.63, 3.8) is 0 Å². The number of benzene rings is 2. The van der Waals surface area contributed by atoms with E-state index in [-0.39, 0.29) is 6.04 Å². The van der Waals surface area contributed by atoms with Crippen LogP contribution >= 0.6 is 11.8 Å². The first-order chi connectivity index (χ1) is 10.1. The average Bonchev–Trinajstić information content (AvgIpc) is 2.90. The Morgan fingerprint density at radius 3 is 2.67 bits per heavy atom. The van der Waals surface area contributed by atoms with Gasteiger partial charge in [0.1, 0.15) is 11.3 Å². The Labute approximate surface area is 129 Å². The zero-order valence-electron chi connectivity index (χ0n) is 12.3. The van der Waals surface area contributed by atoms with E-state index in [1.54, 1.807) is 11.8 Å². The van der Waals surface area contributed by atoms with Crippen LogP contribution in [-0.2, 0) is 0 Å². The third kappa shape index (κ3) is 3.14. The normalized spacial score (nSPS) is 12.7. The number of hydrogen-bond donors (Lipinski definition) is 1. The van der Waals surface area contributed by atoms with Gasteiger partial charge in [-0.3, -0.25) is 0 Å². The van der Waals surface area contributed by atoms with Crippen molar-refractivity contribution in [2.75, 3.05) is 5.75 Å². The summed E-state index contributed by atoms with van der Waals surface area (Å²) in [4.78, 5) is 1.28. The van der Waals surface area contributed by atoms with Crippen LogP contribution in [0.3, 0.4) is 0 Å². The summed E-state index contributed by atoms with van der Waals surface area (Å²) < 4.78 is 5.83. The van der Waals surface area contributed by atoms with Crippen LogP contribution in [0.2, 0.25) is 0 Å². The SMILES string of the molecule is Cc1ccc(SCC(N)c2cc3ccccc3o2)c(C)c1. The maximum Gasteiger partial charge on any atom is 0.134 e. The molecule has 0 aliphatic heterocycles. The van der Waals surface area contributed by atoms with Gasteiger partial charge in [-0.05, 0) is 37.6 Å². The average molecular weight is 297 g/mol. The largest absolute Gasteiger partial charge is 0.459 e. The predicted octanol–water partition coefficient (Wildman–Crippen LogP) is 4.84. The van der Waals surface area contributed by atoms with Gasteiger partial charge < -0.3 is 10.2 Å². The minimum Gasteiger partial charge on any atom is -0.459 e. The van der Waals surface area contributed by atoms with Crippen LogP contribution in [0.4, 0.5) is 0 Å². The Balaban J connectivity index is 1.72. The molecule has 1 heterocycles. The molecule has 0 amide bonds. The van der Waals surface area contributed by atoms with Crippen molar-refractivity contribution in [3.8, 4) is 0 Å². The summed E-state index contributed by atoms with van der Waals surface area (Å²) in [5.74, 6) is 1.66. The number of fused-ring (bicyclic) bond motifs is 1. The van der Waals surface area contributed by atoms with Crippen molar-refractivity contribution in [1.82, 2.24) is 0 Å². The standard InChI is InChI=1S/C18H19NOS/c1-12-7-8-18(13(2)9-12)21-11-15(19)17-10-14-5-3-4-6-16(14)20-17/h3-10,15H,11,19H2,1-2H3. The lowest BCUT2D eigenvalue weighted by Gasteiger charge is -2.10. The molecule has 0 saturated heterocycles. The fourth-order valence-electron chi connectivity index (χ4n) is 2.41. The summed E-state index contributed by atoms with van der Waals surface area (Å²) >= 11 is 1.78. The second-order valence-corrected chi connectivity index (χ2v) is 6.43. The van der Waals surface area contributed by atoms with Gasteiger partial charge in [0, 0.05) is 16.0 Å². The summed E-state index contributed by atoms with van der Waals surface area (Å²) in [6.45, 7) is 4.25. The summed E-state index contributed by atoms with van der Waals surface area (Å²) in [6, 6.07) is 16.5. The molecule has 0 aliphatic rings. The molecule has 0 bridgehead atoms. The first-order valence-electron chi connectivity index (χ1n) is 7.07. The molecule has 3 rings (SSSR count). The predicted molar refractivity (Wildman–Crippen MR) is 89.8 cm³/mol. The fourth-order valence-corrected chi connectivity index (χ4v) is 3.38. The minimum absolute atomic E-state index is 0.0943. The van der Waals surface area contributed by atoms with Gasteiger partial charge in [0.15, 0.2) is 0 Å². The molecule has 21 heavy (non-hydrogen) atoms. The molecule has 0 saturated carbocycles. The van der Waals surface area contributed by atoms with Crippen LogP contribution in [0.1, 0.15) is 22.9 Å². The van der Waals surface area contributed by atoms with E-state index < -0.39 is 0 Å². The van der Waals surface area contributed by atoms with Crippen LogP contribution in [0, 0.1) is 13.8 Å². The monoisotopic (exact) mass is 297 g/mol. The van der Waals surface area contributed by atoms with Crippen molar-refractivity contribution in [3.05, 3.63) is 65.4 Å². The second-order valence-electron chi connectivity index (χ2n) is 5.37. The summed E-state index contributed by atoms with van der Waals surface area (Å²) in [5.41, 5.74) is 9.77. The van der Waals surface area contributed by atoms with Gasteiger partial charge in [0.25, 0.3) is 0 Å². The van der Waals surface area contributed by atoms with Gasteiger partial charge in [-0.25, -0.2) is 0 Å². The Hall–Kier alpha value is -1.71. The second kappa shape index (κ2) is 5.96. The molecule has 3 heteroatoms. The van der Waals surface area contributed by atoms with E-state index >= 15 is 0 Å². The highest BCUT2D eigenvalue weighted by atomic mass is 32.2. The first-order valence-corrected chi connectivity index (χ1v) is 8.06. The van der Waals surface area contributed by atoms with Crippen LogP contribution in [0.25, 0.3) is 11.0 Å². The summed E-state index contributed by atoms with van der Waals surface area (Å²) in [5, 5.41) is 1.11. The van der Waals surface area contributed by atoms with E-state index in [2.05, 4.69) is 32.0 Å². The number of furan rings is 1. The maximum absolute atomic E-state index is 6.27. The lowest BCUT2D eigenvalue weighted by molar-refractivity contribution is 0.516. The van der Waals surface area contributed by atoms with Crippen LogP contribution in [0.5, 0.6) is 0 Å². The highest BCUT2D eigenvalue weighted by molar-refractivity contribution is 7.99. The van der Waals surface area contributed by atoms with E-state index in [1.165, 1.54) is 16.0 Å². The first kappa shape index (κ1) is 14.2. The summed E-state index contributed by atoms with van der Waals surface area (Å²) in [7, 11) is 0. The Bertz CT molecular complexity index is 730. The number of aryl methyl sites for hydroxylation is 2. The van der Waals surface area contributed by atoms with Crippen LogP contribution in [-0.4, -0.2) is 5.75 Å². The van der Waals surface area contributed by atoms with Crippen LogP contribution in [0.15, 0.2) is 57.8 Å². The molecule has 108 valence electrons. The molecule has 2 aromatic carbocycles. The van der Waals surface area contributed by atoms with Gasteiger partial charge in [-0.2, -0.15) is 0 Å². The van der Waals surface area contributed by atoms with E-state index in [0.717, 1.165) is 22.5 Å². The summed E-state index contributed by atoms with van der Waals surface area (Å²) in [6.07, 6.45) is 0. The number of nitrogens with two attached hydrogens (primary N) is 1. The van der Waals surface area contributed by atoms with E-state index in [9.17, 15) is 0 Å². The van der Waals surface area contributed by atoms with Crippen molar-refractivity contribution in [2.45, 2.75) is 24.8 Å². The third-order valence-electron chi connectivity index (χ3n) is 3.56. The van der Waals surface area contributed by atoms with Gasteiger partial charge in [0.2, 0.25) is 0 Å². The van der Waals surface area contributed by atoms with E-state index in [1.807, 2.05) is 30.3 Å². The van der Waals surface area contributed by atoms with Crippen molar-refractivity contribution in [1.29, 1.82) is 0 Å². The molecular formula is C18H19NOS. The zero-order chi connectivity index (χ0) is 14.8. The minimum atomic E-state index is -0.0943. The lowest BCUT2D eigenvalue weighted by Crippen LogP contribution is -2.12. The van der Waals surface area contributed by atoms with Gasteiger partial charge >= 0.3 is 0 Å². The number of thioether (sulfide) groups is 1. The molecule has 0 radical (unpaired) electrons. The molecule has 1 atom stereocenters. The van der Waals surface area contributed by atoms with Gasteiger partial charge in [-0.1, -0.05) is 35.9 Å². The molecule has 0 spiro atoms. The van der Waals surface area contributed by atoms with E-state index in [0.29, 0.717) is 0 Å². The van der Waals surface area contributed by atoms with E-state index in [4.69, 9.17) is 10.2 Å².